The van der Waals surface area contributed by atoms with Crippen LogP contribution >= 0.6 is 0 Å². The van der Waals surface area contributed by atoms with Gasteiger partial charge in [0.2, 0.25) is 0 Å². The summed E-state index contributed by atoms with van der Waals surface area (Å²) in [4.78, 5) is 2.52. The maximum absolute atomic E-state index is 2.52. The first-order valence-corrected chi connectivity index (χ1v) is 6.79. The third-order valence-electron chi connectivity index (χ3n) is 4.07. The Morgan fingerprint density at radius 2 is 1.59 bits per heavy atom. The molecule has 0 saturated carbocycles. The second kappa shape index (κ2) is 5.19. The average Bonchev–Trinajstić information content (AvgIpc) is 2.67. The van der Waals surface area contributed by atoms with Gasteiger partial charge >= 0.3 is 0 Å². The van der Waals surface area contributed by atoms with E-state index in [9.17, 15) is 0 Å². The van der Waals surface area contributed by atoms with Gasteiger partial charge in [0.15, 0.2) is 0 Å². The van der Waals surface area contributed by atoms with Gasteiger partial charge in [0.25, 0.3) is 0 Å². The van der Waals surface area contributed by atoms with E-state index >= 15 is 0 Å². The molecule has 1 aromatic carbocycles. The minimum atomic E-state index is 1.17. The summed E-state index contributed by atoms with van der Waals surface area (Å²) < 4.78 is 1.18. The minimum Gasteiger partial charge on any atom is -0.317 e. The van der Waals surface area contributed by atoms with Crippen LogP contribution in [0.3, 0.4) is 0 Å². The molecule has 0 aliphatic carbocycles. The van der Waals surface area contributed by atoms with Gasteiger partial charge in [-0.15, -0.1) is 0 Å². The van der Waals surface area contributed by atoms with Crippen molar-refractivity contribution in [3.05, 3.63) is 35.4 Å². The number of benzene rings is 1. The molecule has 0 N–H and O–H groups in total. The van der Waals surface area contributed by atoms with Crippen molar-refractivity contribution in [1.29, 1.82) is 0 Å². The van der Waals surface area contributed by atoms with E-state index in [2.05, 4.69) is 50.1 Å². The van der Waals surface area contributed by atoms with E-state index in [4.69, 9.17) is 0 Å². The van der Waals surface area contributed by atoms with Gasteiger partial charge in [-0.2, -0.15) is 0 Å². The summed E-state index contributed by atoms with van der Waals surface area (Å²) in [7, 11) is 2.39. The first-order valence-electron chi connectivity index (χ1n) is 6.79. The van der Waals surface area contributed by atoms with Crippen molar-refractivity contribution in [2.75, 3.05) is 33.2 Å². The fourth-order valence-corrected chi connectivity index (χ4v) is 2.83. The van der Waals surface area contributed by atoms with Crippen LogP contribution in [0.5, 0.6) is 0 Å². The summed E-state index contributed by atoms with van der Waals surface area (Å²) in [5.74, 6) is 0. The second-order valence-electron chi connectivity index (χ2n) is 5.45. The fourth-order valence-electron chi connectivity index (χ4n) is 2.83. The first kappa shape index (κ1) is 12.6. The predicted octanol–water partition coefficient (Wildman–Crippen LogP) is 2.49. The summed E-state index contributed by atoms with van der Waals surface area (Å²) >= 11 is 0. The van der Waals surface area contributed by atoms with Gasteiger partial charge in [-0.25, -0.2) is 0 Å². The van der Waals surface area contributed by atoms with Crippen molar-refractivity contribution in [3.63, 3.8) is 0 Å². The lowest BCUT2D eigenvalue weighted by Crippen LogP contribution is -2.44. The molecule has 1 heterocycles. The van der Waals surface area contributed by atoms with Crippen LogP contribution in [0.4, 0.5) is 0 Å². The van der Waals surface area contributed by atoms with Gasteiger partial charge in [0.1, 0.15) is 13.1 Å². The van der Waals surface area contributed by atoms with Crippen molar-refractivity contribution in [3.8, 4) is 0 Å². The number of hydrogen-bond acceptors (Lipinski definition) is 1. The van der Waals surface area contributed by atoms with Gasteiger partial charge in [0, 0.05) is 17.7 Å². The average molecular weight is 233 g/mol. The number of quaternary nitrogens is 1. The van der Waals surface area contributed by atoms with Crippen LogP contribution in [0.1, 0.15) is 25.0 Å². The van der Waals surface area contributed by atoms with Crippen LogP contribution in [0.15, 0.2) is 24.3 Å². The van der Waals surface area contributed by atoms with Crippen LogP contribution in [0, 0.1) is 0 Å². The lowest BCUT2D eigenvalue weighted by molar-refractivity contribution is -0.928. The molecule has 1 aliphatic rings. The Kier molecular flexibility index (Phi) is 3.85. The molecule has 0 unspecified atom stereocenters. The number of fused-ring (bicyclic) bond motifs is 1. The van der Waals surface area contributed by atoms with Crippen LogP contribution < -0.4 is 0 Å². The maximum Gasteiger partial charge on any atom is 0.105 e. The Hall–Kier alpha value is -0.860. The van der Waals surface area contributed by atoms with Crippen molar-refractivity contribution >= 4 is 0 Å². The number of nitrogens with zero attached hydrogens (tertiary/aromatic N) is 2. The zero-order valence-corrected chi connectivity index (χ0v) is 11.4. The van der Waals surface area contributed by atoms with Crippen LogP contribution in [0.2, 0.25) is 0 Å². The van der Waals surface area contributed by atoms with Crippen LogP contribution in [0.25, 0.3) is 0 Å². The Bertz CT molecular complexity index is 344. The molecule has 0 fully saturated rings. The molecule has 94 valence electrons. The molecule has 0 atom stereocenters. The molecular weight excluding hydrogens is 208 g/mol. The molecule has 1 aliphatic heterocycles. The Morgan fingerprint density at radius 3 is 2.06 bits per heavy atom. The fraction of sp³-hybridized carbons (Fsp3) is 0.600. The highest BCUT2D eigenvalue weighted by atomic mass is 15.4. The van der Waals surface area contributed by atoms with E-state index in [-0.39, 0.29) is 0 Å². The quantitative estimate of drug-likeness (QED) is 0.706. The van der Waals surface area contributed by atoms with Gasteiger partial charge in [-0.05, 0) is 13.1 Å². The normalized spacial score (nSPS) is 17.4. The molecule has 0 saturated heterocycles. The topological polar surface area (TPSA) is 3.24 Å². The van der Waals surface area contributed by atoms with Crippen LogP contribution in [-0.4, -0.2) is 42.6 Å². The third-order valence-corrected chi connectivity index (χ3v) is 4.07. The largest absolute Gasteiger partial charge is 0.317 e. The molecule has 0 radical (unpaired) electrons. The van der Waals surface area contributed by atoms with Gasteiger partial charge in [-0.3, -0.25) is 4.90 Å². The smallest absolute Gasteiger partial charge is 0.105 e. The molecule has 0 bridgehead atoms. The molecule has 2 heteroatoms. The van der Waals surface area contributed by atoms with Crippen molar-refractivity contribution in [1.82, 2.24) is 4.90 Å². The Balaban J connectivity index is 1.95. The monoisotopic (exact) mass is 233 g/mol. The standard InChI is InChI=1S/C15H25N2/c1-4-16(5-2)10-11-17(3)12-14-8-6-7-9-15(14)13-17/h6-9H,4-5,10-13H2,1-3H3/q+1. The number of hydrogen-bond donors (Lipinski definition) is 0. The number of likely N-dealkylation sites (N-methyl/N-ethyl adjacent to an activating group) is 2. The molecule has 1 aromatic rings. The molecule has 0 aromatic heterocycles. The second-order valence-corrected chi connectivity index (χ2v) is 5.45. The molecule has 0 spiro atoms. The van der Waals surface area contributed by atoms with E-state index in [0.717, 1.165) is 0 Å². The summed E-state index contributed by atoms with van der Waals surface area (Å²) in [6.45, 7) is 11.7. The van der Waals surface area contributed by atoms with Gasteiger partial charge in [0.05, 0.1) is 13.6 Å². The number of rotatable bonds is 5. The van der Waals surface area contributed by atoms with Crippen molar-refractivity contribution in [2.24, 2.45) is 0 Å². The van der Waals surface area contributed by atoms with Gasteiger partial charge in [-0.1, -0.05) is 38.1 Å². The summed E-state index contributed by atoms with van der Waals surface area (Å²) in [6, 6.07) is 8.91. The Morgan fingerprint density at radius 1 is 1.06 bits per heavy atom. The zero-order valence-electron chi connectivity index (χ0n) is 11.4. The molecular formula is C15H25N2+. The summed E-state index contributed by atoms with van der Waals surface area (Å²) in [6.07, 6.45) is 0. The molecule has 2 nitrogen and oxygen atoms in total. The van der Waals surface area contributed by atoms with E-state index in [1.54, 1.807) is 11.1 Å². The third kappa shape index (κ3) is 2.88. The minimum absolute atomic E-state index is 1.17. The highest BCUT2D eigenvalue weighted by Crippen LogP contribution is 2.27. The van der Waals surface area contributed by atoms with Crippen molar-refractivity contribution < 1.29 is 4.48 Å². The SMILES string of the molecule is CCN(CC)CC[N+]1(C)Cc2ccccc2C1. The first-order chi connectivity index (χ1) is 8.17. The van der Waals surface area contributed by atoms with E-state index in [0.29, 0.717) is 0 Å². The summed E-state index contributed by atoms with van der Waals surface area (Å²) in [5, 5.41) is 0. The van der Waals surface area contributed by atoms with Gasteiger partial charge < -0.3 is 4.48 Å². The zero-order chi connectivity index (χ0) is 12.3. The van der Waals surface area contributed by atoms with Crippen molar-refractivity contribution in [2.45, 2.75) is 26.9 Å². The maximum atomic E-state index is 2.52. The van der Waals surface area contributed by atoms with E-state index in [1.165, 1.54) is 43.8 Å². The Labute approximate surface area is 105 Å². The molecule has 2 rings (SSSR count). The highest BCUT2D eigenvalue weighted by Gasteiger charge is 2.31. The van der Waals surface area contributed by atoms with Crippen LogP contribution in [-0.2, 0) is 13.1 Å². The molecule has 0 amide bonds. The predicted molar refractivity (Wildman–Crippen MR) is 72.7 cm³/mol. The van der Waals surface area contributed by atoms with E-state index in [1.807, 2.05) is 0 Å². The lowest BCUT2D eigenvalue weighted by Gasteiger charge is -2.31. The lowest BCUT2D eigenvalue weighted by atomic mass is 10.1. The summed E-state index contributed by atoms with van der Waals surface area (Å²) in [5.41, 5.74) is 3.10. The molecule has 17 heavy (non-hydrogen) atoms. The highest BCUT2D eigenvalue weighted by molar-refractivity contribution is 5.27. The van der Waals surface area contributed by atoms with E-state index < -0.39 is 0 Å².